The van der Waals surface area contributed by atoms with Crippen LogP contribution in [0.4, 0.5) is 15.9 Å². The minimum Gasteiger partial charge on any atom is -0.369 e. The maximum Gasteiger partial charge on any atom is 0.227 e. The van der Waals surface area contributed by atoms with E-state index in [1.807, 2.05) is 0 Å². The SMILES string of the molecule is CCSc1nc(NCC(C)C)c2cnn(CCNC(=O)C3CC(=O)N(c4ccc(F)cc4)C3)c2n1. The first-order chi connectivity index (χ1) is 16.9. The first-order valence-electron chi connectivity index (χ1n) is 11.8. The molecule has 1 fully saturated rings. The van der Waals surface area contributed by atoms with Crippen LogP contribution in [0.3, 0.4) is 0 Å². The Labute approximate surface area is 207 Å². The molecule has 4 rings (SSSR count). The Hall–Kier alpha value is -3.21. The van der Waals surface area contributed by atoms with E-state index >= 15 is 0 Å². The molecule has 1 unspecified atom stereocenters. The van der Waals surface area contributed by atoms with Crippen LogP contribution < -0.4 is 15.5 Å². The largest absolute Gasteiger partial charge is 0.369 e. The molecule has 1 aliphatic rings. The summed E-state index contributed by atoms with van der Waals surface area (Å²) in [5.41, 5.74) is 1.31. The standard InChI is InChI=1S/C24H30FN7O2S/c1-4-35-24-29-21(27-12-15(2)3)19-13-28-32(22(19)30-24)10-9-26-23(34)16-11-20(33)31(14-16)18-7-5-17(25)6-8-18/h5-8,13,15-16H,4,9-12,14H2,1-3H3,(H,26,34)(H,27,29,30). The summed E-state index contributed by atoms with van der Waals surface area (Å²) in [7, 11) is 0. The van der Waals surface area contributed by atoms with Crippen LogP contribution in [-0.4, -0.2) is 56.9 Å². The third-order valence-electron chi connectivity index (χ3n) is 5.68. The molecule has 0 aliphatic carbocycles. The van der Waals surface area contributed by atoms with E-state index in [0.717, 1.165) is 29.1 Å². The summed E-state index contributed by atoms with van der Waals surface area (Å²) < 4.78 is 15.0. The van der Waals surface area contributed by atoms with Gasteiger partial charge in [-0.2, -0.15) is 5.10 Å². The number of carbonyl (C=O) groups is 2. The van der Waals surface area contributed by atoms with E-state index in [0.29, 0.717) is 29.9 Å². The summed E-state index contributed by atoms with van der Waals surface area (Å²) in [6.07, 6.45) is 1.88. The fraction of sp³-hybridized carbons (Fsp3) is 0.458. The Morgan fingerprint density at radius 2 is 2.03 bits per heavy atom. The number of nitrogens with one attached hydrogen (secondary N) is 2. The second kappa shape index (κ2) is 11.0. The number of anilines is 2. The van der Waals surface area contributed by atoms with Crippen molar-refractivity contribution in [3.8, 4) is 0 Å². The average Bonchev–Trinajstić information content (AvgIpc) is 3.42. The molecule has 2 amide bonds. The number of hydrogen-bond donors (Lipinski definition) is 2. The average molecular weight is 500 g/mol. The fourth-order valence-corrected chi connectivity index (χ4v) is 4.48. The van der Waals surface area contributed by atoms with Crippen molar-refractivity contribution in [2.45, 2.75) is 38.9 Å². The smallest absolute Gasteiger partial charge is 0.227 e. The molecule has 1 aromatic carbocycles. The Kier molecular flexibility index (Phi) is 7.84. The third kappa shape index (κ3) is 5.90. The summed E-state index contributed by atoms with van der Waals surface area (Å²) in [6, 6.07) is 5.71. The molecule has 0 radical (unpaired) electrons. The molecule has 3 heterocycles. The number of rotatable bonds is 10. The Morgan fingerprint density at radius 3 is 2.74 bits per heavy atom. The molecule has 1 saturated heterocycles. The number of aromatic nitrogens is 4. The molecule has 9 nitrogen and oxygen atoms in total. The zero-order chi connectivity index (χ0) is 24.9. The lowest BCUT2D eigenvalue weighted by atomic mass is 10.1. The molecule has 35 heavy (non-hydrogen) atoms. The molecular formula is C24H30FN7O2S. The minimum atomic E-state index is -0.455. The number of halogens is 1. The number of benzene rings is 1. The van der Waals surface area contributed by atoms with Crippen molar-refractivity contribution < 1.29 is 14.0 Å². The maximum absolute atomic E-state index is 13.2. The van der Waals surface area contributed by atoms with Gasteiger partial charge in [0.1, 0.15) is 11.6 Å². The summed E-state index contributed by atoms with van der Waals surface area (Å²) in [4.78, 5) is 36.0. The van der Waals surface area contributed by atoms with Gasteiger partial charge in [0, 0.05) is 31.7 Å². The summed E-state index contributed by atoms with van der Waals surface area (Å²) in [6.45, 7) is 8.18. The highest BCUT2D eigenvalue weighted by atomic mass is 32.2. The summed E-state index contributed by atoms with van der Waals surface area (Å²) in [5, 5.41) is 12.3. The first-order valence-corrected chi connectivity index (χ1v) is 12.8. The highest BCUT2D eigenvalue weighted by molar-refractivity contribution is 7.99. The van der Waals surface area contributed by atoms with Crippen molar-refractivity contribution in [3.63, 3.8) is 0 Å². The quantitative estimate of drug-likeness (QED) is 0.326. The predicted molar refractivity (Wildman–Crippen MR) is 135 cm³/mol. The lowest BCUT2D eigenvalue weighted by Crippen LogP contribution is -2.35. The molecule has 2 N–H and O–H groups in total. The van der Waals surface area contributed by atoms with Crippen LogP contribution in [0, 0.1) is 17.7 Å². The third-order valence-corrected chi connectivity index (χ3v) is 6.41. The van der Waals surface area contributed by atoms with Gasteiger partial charge in [0.15, 0.2) is 10.8 Å². The lowest BCUT2D eigenvalue weighted by Gasteiger charge is -2.16. The number of nitrogens with zero attached hydrogens (tertiary/aromatic N) is 5. The topological polar surface area (TPSA) is 105 Å². The van der Waals surface area contributed by atoms with Gasteiger partial charge in [0.05, 0.1) is 24.0 Å². The Bertz CT molecular complexity index is 1200. The van der Waals surface area contributed by atoms with Crippen molar-refractivity contribution in [2.24, 2.45) is 11.8 Å². The molecule has 2 aromatic heterocycles. The van der Waals surface area contributed by atoms with E-state index in [1.54, 1.807) is 34.8 Å². The predicted octanol–water partition coefficient (Wildman–Crippen LogP) is 3.31. The molecule has 3 aromatic rings. The van der Waals surface area contributed by atoms with Gasteiger partial charge in [-0.3, -0.25) is 9.59 Å². The Morgan fingerprint density at radius 1 is 1.26 bits per heavy atom. The van der Waals surface area contributed by atoms with Crippen molar-refractivity contribution in [2.75, 3.05) is 35.6 Å². The second-order valence-electron chi connectivity index (χ2n) is 8.84. The van der Waals surface area contributed by atoms with Crippen LogP contribution >= 0.6 is 11.8 Å². The molecule has 0 bridgehead atoms. The van der Waals surface area contributed by atoms with Gasteiger partial charge < -0.3 is 15.5 Å². The van der Waals surface area contributed by atoms with E-state index in [2.05, 4.69) is 46.5 Å². The number of fused-ring (bicyclic) bond motifs is 1. The highest BCUT2D eigenvalue weighted by Crippen LogP contribution is 2.26. The van der Waals surface area contributed by atoms with Crippen molar-refractivity contribution in [1.82, 2.24) is 25.1 Å². The van der Waals surface area contributed by atoms with Crippen LogP contribution in [0.5, 0.6) is 0 Å². The number of hydrogen-bond acceptors (Lipinski definition) is 7. The van der Waals surface area contributed by atoms with Crippen molar-refractivity contribution >= 4 is 46.1 Å². The maximum atomic E-state index is 13.2. The molecule has 0 spiro atoms. The molecule has 186 valence electrons. The van der Waals surface area contributed by atoms with Crippen molar-refractivity contribution in [3.05, 3.63) is 36.3 Å². The van der Waals surface area contributed by atoms with Gasteiger partial charge in [-0.15, -0.1) is 0 Å². The lowest BCUT2D eigenvalue weighted by molar-refractivity contribution is -0.126. The van der Waals surface area contributed by atoms with Crippen molar-refractivity contribution in [1.29, 1.82) is 0 Å². The molecule has 11 heteroatoms. The van der Waals surface area contributed by atoms with Crippen LogP contribution in [0.2, 0.25) is 0 Å². The van der Waals surface area contributed by atoms with Crippen LogP contribution in [0.1, 0.15) is 27.2 Å². The minimum absolute atomic E-state index is 0.129. The van der Waals surface area contributed by atoms with E-state index in [1.165, 1.54) is 17.0 Å². The molecule has 0 saturated carbocycles. The van der Waals surface area contributed by atoms with Crippen LogP contribution in [0.15, 0.2) is 35.6 Å². The van der Waals surface area contributed by atoms with Gasteiger partial charge in [-0.05, 0) is 35.9 Å². The number of amides is 2. The van der Waals surface area contributed by atoms with Crippen LogP contribution in [-0.2, 0) is 16.1 Å². The van der Waals surface area contributed by atoms with Gasteiger partial charge in [-0.1, -0.05) is 32.5 Å². The van der Waals surface area contributed by atoms with Gasteiger partial charge >= 0.3 is 0 Å². The Balaban J connectivity index is 1.39. The highest BCUT2D eigenvalue weighted by Gasteiger charge is 2.35. The van der Waals surface area contributed by atoms with Gasteiger partial charge in [-0.25, -0.2) is 19.0 Å². The molecule has 1 aliphatic heterocycles. The summed E-state index contributed by atoms with van der Waals surface area (Å²) >= 11 is 1.57. The van der Waals surface area contributed by atoms with E-state index in [-0.39, 0.29) is 30.6 Å². The normalized spacial score (nSPS) is 15.9. The van der Waals surface area contributed by atoms with Gasteiger partial charge in [0.25, 0.3) is 0 Å². The monoisotopic (exact) mass is 499 g/mol. The fourth-order valence-electron chi connectivity index (χ4n) is 3.91. The van der Waals surface area contributed by atoms with Crippen LogP contribution in [0.25, 0.3) is 11.0 Å². The molecule has 1 atom stereocenters. The zero-order valence-corrected chi connectivity index (χ0v) is 20.9. The van der Waals surface area contributed by atoms with E-state index in [9.17, 15) is 14.0 Å². The number of carbonyl (C=O) groups excluding carboxylic acids is 2. The van der Waals surface area contributed by atoms with Gasteiger partial charge in [0.2, 0.25) is 11.8 Å². The van der Waals surface area contributed by atoms with E-state index < -0.39 is 5.92 Å². The zero-order valence-electron chi connectivity index (χ0n) is 20.1. The van der Waals surface area contributed by atoms with E-state index in [4.69, 9.17) is 0 Å². The second-order valence-corrected chi connectivity index (χ2v) is 10.1. The number of thioether (sulfide) groups is 1. The summed E-state index contributed by atoms with van der Waals surface area (Å²) in [5.74, 6) is 0.936. The first kappa shape index (κ1) is 24.9. The molecular weight excluding hydrogens is 469 g/mol.